The highest BCUT2D eigenvalue weighted by molar-refractivity contribution is 7.86. The maximum Gasteiger partial charge on any atom is 0.269 e. The molecular formula is C14H15N5O3S. The highest BCUT2D eigenvalue weighted by Crippen LogP contribution is 2.31. The third-order valence-corrected chi connectivity index (χ3v) is 5.49. The molecule has 120 valence electrons. The number of rotatable bonds is 2. The van der Waals surface area contributed by atoms with Crippen LogP contribution in [0.1, 0.15) is 12.8 Å². The maximum absolute atomic E-state index is 11.5. The summed E-state index contributed by atoms with van der Waals surface area (Å²) in [4.78, 5) is 17.9. The van der Waals surface area contributed by atoms with Gasteiger partial charge in [0, 0.05) is 24.7 Å². The Balaban J connectivity index is 1.86. The molecule has 0 bridgehead atoms. The summed E-state index contributed by atoms with van der Waals surface area (Å²) in [5, 5.41) is 0.951. The number of aromatic amines is 1. The second-order valence-corrected chi connectivity index (χ2v) is 7.38. The average molecular weight is 333 g/mol. The number of piperidine rings is 1. The van der Waals surface area contributed by atoms with Crippen molar-refractivity contribution in [2.45, 2.75) is 18.1 Å². The number of aromatic nitrogens is 4. The van der Waals surface area contributed by atoms with E-state index in [9.17, 15) is 13.0 Å². The summed E-state index contributed by atoms with van der Waals surface area (Å²) in [5.41, 5.74) is 1.44. The Labute approximate surface area is 132 Å². The summed E-state index contributed by atoms with van der Waals surface area (Å²) in [7, 11) is -4.06. The molecule has 4 heterocycles. The Morgan fingerprint density at radius 3 is 3.00 bits per heavy atom. The third kappa shape index (κ3) is 2.41. The van der Waals surface area contributed by atoms with Crippen LogP contribution in [0.3, 0.4) is 0 Å². The molecule has 9 heteroatoms. The van der Waals surface area contributed by atoms with Crippen LogP contribution in [0.15, 0.2) is 24.8 Å². The first-order valence-electron chi connectivity index (χ1n) is 7.32. The minimum atomic E-state index is -4.06. The molecule has 1 aliphatic rings. The molecule has 1 fully saturated rings. The monoisotopic (exact) mass is 333 g/mol. The second kappa shape index (κ2) is 5.14. The molecule has 8 nitrogen and oxygen atoms in total. The molecule has 23 heavy (non-hydrogen) atoms. The normalized spacial score (nSPS) is 19.5. The number of pyridine rings is 1. The summed E-state index contributed by atoms with van der Waals surface area (Å²) in [5.74, 6) is 0.676. The zero-order valence-electron chi connectivity index (χ0n) is 12.2. The summed E-state index contributed by atoms with van der Waals surface area (Å²) in [6, 6.07) is 1.90. The lowest BCUT2D eigenvalue weighted by Gasteiger charge is -2.32. The minimum absolute atomic E-state index is 0.221. The molecule has 4 rings (SSSR count). The molecule has 1 unspecified atom stereocenters. The molecule has 0 radical (unpaired) electrons. The highest BCUT2D eigenvalue weighted by atomic mass is 32.2. The van der Waals surface area contributed by atoms with E-state index in [1.165, 1.54) is 6.33 Å². The van der Waals surface area contributed by atoms with Crippen molar-refractivity contribution in [3.8, 4) is 0 Å². The van der Waals surface area contributed by atoms with Crippen molar-refractivity contribution in [3.05, 3.63) is 24.8 Å². The summed E-state index contributed by atoms with van der Waals surface area (Å²) < 4.78 is 32.3. The van der Waals surface area contributed by atoms with Gasteiger partial charge in [0.25, 0.3) is 10.1 Å². The molecule has 2 N–H and O–H groups in total. The molecule has 1 aliphatic heterocycles. The Bertz CT molecular complexity index is 984. The van der Waals surface area contributed by atoms with Gasteiger partial charge in [-0.3, -0.25) is 4.55 Å². The van der Waals surface area contributed by atoms with Gasteiger partial charge in [0.15, 0.2) is 0 Å². The van der Waals surface area contributed by atoms with Gasteiger partial charge in [-0.25, -0.2) is 15.0 Å². The van der Waals surface area contributed by atoms with E-state index < -0.39 is 15.4 Å². The average Bonchev–Trinajstić information content (AvgIpc) is 3.02. The Morgan fingerprint density at radius 1 is 1.30 bits per heavy atom. The van der Waals surface area contributed by atoms with Crippen LogP contribution in [0.4, 0.5) is 5.82 Å². The van der Waals surface area contributed by atoms with E-state index in [-0.39, 0.29) is 6.54 Å². The number of fused-ring (bicyclic) bond motifs is 3. The van der Waals surface area contributed by atoms with E-state index in [0.717, 1.165) is 16.4 Å². The summed E-state index contributed by atoms with van der Waals surface area (Å²) in [6.07, 6.45) is 6.06. The molecule has 3 aromatic heterocycles. The van der Waals surface area contributed by atoms with Gasteiger partial charge in [0.05, 0.1) is 17.1 Å². The van der Waals surface area contributed by atoms with Crippen LogP contribution in [0.2, 0.25) is 0 Å². The highest BCUT2D eigenvalue weighted by Gasteiger charge is 2.30. The third-order valence-electron chi connectivity index (χ3n) is 4.27. The van der Waals surface area contributed by atoms with E-state index >= 15 is 0 Å². The van der Waals surface area contributed by atoms with Crippen LogP contribution >= 0.6 is 0 Å². The number of hydrogen-bond acceptors (Lipinski definition) is 6. The van der Waals surface area contributed by atoms with Crippen molar-refractivity contribution in [2.75, 3.05) is 18.0 Å². The molecule has 3 aromatic rings. The van der Waals surface area contributed by atoms with Gasteiger partial charge in [-0.2, -0.15) is 8.42 Å². The number of H-pyrrole nitrogens is 1. The Morgan fingerprint density at radius 2 is 2.17 bits per heavy atom. The van der Waals surface area contributed by atoms with E-state index in [4.69, 9.17) is 0 Å². The zero-order valence-corrected chi connectivity index (χ0v) is 13.0. The Kier molecular flexibility index (Phi) is 3.20. The first kappa shape index (κ1) is 14.3. The molecule has 0 spiro atoms. The van der Waals surface area contributed by atoms with Gasteiger partial charge in [0.2, 0.25) is 0 Å². The van der Waals surface area contributed by atoms with E-state index in [1.54, 1.807) is 12.4 Å². The lowest BCUT2D eigenvalue weighted by molar-refractivity contribution is 0.446. The molecule has 0 saturated carbocycles. The molecule has 1 atom stereocenters. The van der Waals surface area contributed by atoms with Gasteiger partial charge in [-0.05, 0) is 18.9 Å². The number of nitrogens with one attached hydrogen (secondary N) is 1. The molecule has 0 aliphatic carbocycles. The fraction of sp³-hybridized carbons (Fsp3) is 0.357. The first-order valence-corrected chi connectivity index (χ1v) is 8.82. The molecule has 1 saturated heterocycles. The lowest BCUT2D eigenvalue weighted by Crippen LogP contribution is -2.42. The Hall–Kier alpha value is -2.26. The quantitative estimate of drug-likeness (QED) is 0.681. The predicted molar refractivity (Wildman–Crippen MR) is 86.0 cm³/mol. The van der Waals surface area contributed by atoms with Crippen molar-refractivity contribution in [1.82, 2.24) is 19.9 Å². The summed E-state index contributed by atoms with van der Waals surface area (Å²) in [6.45, 7) is 0.908. The van der Waals surface area contributed by atoms with Crippen molar-refractivity contribution < 1.29 is 13.0 Å². The lowest BCUT2D eigenvalue weighted by atomic mass is 10.1. The first-order chi connectivity index (χ1) is 11.0. The standard InChI is InChI=1S/C14H15N5O3S/c20-23(21,22)9-2-1-5-19(7-9)14-12-10-3-4-15-13(10)16-6-11(12)17-8-18-14/h3-4,6,8-9H,1-2,5,7H2,(H,15,16)(H,20,21,22). The minimum Gasteiger partial charge on any atom is -0.355 e. The van der Waals surface area contributed by atoms with Crippen molar-refractivity contribution in [2.24, 2.45) is 0 Å². The fourth-order valence-electron chi connectivity index (χ4n) is 3.15. The van der Waals surface area contributed by atoms with Gasteiger partial charge in [-0.15, -0.1) is 0 Å². The fourth-order valence-corrected chi connectivity index (χ4v) is 3.99. The van der Waals surface area contributed by atoms with Crippen LogP contribution in [-0.4, -0.2) is 51.2 Å². The second-order valence-electron chi connectivity index (χ2n) is 5.68. The maximum atomic E-state index is 11.5. The van der Waals surface area contributed by atoms with Gasteiger partial charge in [-0.1, -0.05) is 0 Å². The van der Waals surface area contributed by atoms with Crippen LogP contribution < -0.4 is 4.90 Å². The molecule has 0 amide bonds. The van der Waals surface area contributed by atoms with Gasteiger partial charge < -0.3 is 9.88 Å². The van der Waals surface area contributed by atoms with Crippen LogP contribution in [0.5, 0.6) is 0 Å². The number of nitrogens with zero attached hydrogens (tertiary/aromatic N) is 4. The van der Waals surface area contributed by atoms with E-state index in [2.05, 4.69) is 19.9 Å². The number of anilines is 1. The zero-order chi connectivity index (χ0) is 16.0. The smallest absolute Gasteiger partial charge is 0.269 e. The van der Waals surface area contributed by atoms with Crippen molar-refractivity contribution in [3.63, 3.8) is 0 Å². The van der Waals surface area contributed by atoms with Crippen molar-refractivity contribution >= 4 is 37.9 Å². The van der Waals surface area contributed by atoms with Crippen LogP contribution in [0, 0.1) is 0 Å². The van der Waals surface area contributed by atoms with Crippen molar-refractivity contribution in [1.29, 1.82) is 0 Å². The molecule has 0 aromatic carbocycles. The van der Waals surface area contributed by atoms with Crippen LogP contribution in [0.25, 0.3) is 21.9 Å². The van der Waals surface area contributed by atoms with E-state index in [0.29, 0.717) is 30.7 Å². The van der Waals surface area contributed by atoms with Gasteiger partial charge >= 0.3 is 0 Å². The SMILES string of the molecule is O=S(=O)(O)C1CCCN(c2ncnc3cnc4[nH]ccc4c23)C1. The number of hydrogen-bond donors (Lipinski definition) is 2. The van der Waals surface area contributed by atoms with E-state index in [1.807, 2.05) is 11.0 Å². The molecular weight excluding hydrogens is 318 g/mol. The van der Waals surface area contributed by atoms with Gasteiger partial charge in [0.1, 0.15) is 23.0 Å². The van der Waals surface area contributed by atoms with Crippen LogP contribution in [-0.2, 0) is 10.1 Å². The largest absolute Gasteiger partial charge is 0.355 e. The summed E-state index contributed by atoms with van der Waals surface area (Å²) >= 11 is 0. The topological polar surface area (TPSA) is 112 Å². The predicted octanol–water partition coefficient (Wildman–Crippen LogP) is 1.36.